The lowest BCUT2D eigenvalue weighted by molar-refractivity contribution is 1.47. The van der Waals surface area contributed by atoms with E-state index >= 15 is 0 Å². The highest BCUT2D eigenvalue weighted by Gasteiger charge is 2.05. The predicted octanol–water partition coefficient (Wildman–Crippen LogP) is 4.40. The number of hydrogen-bond donors (Lipinski definition) is 1. The smallest absolute Gasteiger partial charge is 0.0394 e. The van der Waals surface area contributed by atoms with Gasteiger partial charge in [0, 0.05) is 11.1 Å². The van der Waals surface area contributed by atoms with Crippen LogP contribution in [0.2, 0.25) is 0 Å². The van der Waals surface area contributed by atoms with Crippen LogP contribution in [-0.2, 0) is 0 Å². The van der Waals surface area contributed by atoms with Gasteiger partial charge in [0.05, 0.1) is 0 Å². The summed E-state index contributed by atoms with van der Waals surface area (Å²) >= 11 is 0. The van der Waals surface area contributed by atoms with Gasteiger partial charge >= 0.3 is 0 Å². The third kappa shape index (κ3) is 1.74. The molecule has 0 saturated carbocycles. The number of hydrogen-bond acceptors (Lipinski definition) is 1. The van der Waals surface area contributed by atoms with Crippen molar-refractivity contribution in [2.45, 2.75) is 6.92 Å². The van der Waals surface area contributed by atoms with E-state index in [0.29, 0.717) is 0 Å². The van der Waals surface area contributed by atoms with Crippen molar-refractivity contribution in [2.75, 3.05) is 5.73 Å². The average molecular weight is 233 g/mol. The number of anilines is 1. The van der Waals surface area contributed by atoms with Crippen LogP contribution in [0.1, 0.15) is 5.56 Å². The van der Waals surface area contributed by atoms with E-state index in [1.165, 1.54) is 22.1 Å². The first kappa shape index (κ1) is 10.8. The molecule has 0 radical (unpaired) electrons. The Kier molecular flexibility index (Phi) is 2.52. The summed E-state index contributed by atoms with van der Waals surface area (Å²) in [5.41, 5.74) is 10.6. The van der Waals surface area contributed by atoms with Gasteiger partial charge < -0.3 is 5.73 Å². The van der Waals surface area contributed by atoms with Gasteiger partial charge in [0.15, 0.2) is 0 Å². The molecule has 0 aromatic heterocycles. The predicted molar refractivity (Wildman–Crippen MR) is 78.5 cm³/mol. The molecule has 18 heavy (non-hydrogen) atoms. The molecule has 0 spiro atoms. The molecule has 0 bridgehead atoms. The summed E-state index contributed by atoms with van der Waals surface area (Å²) < 4.78 is 0. The molecule has 3 rings (SSSR count). The minimum atomic E-state index is 0.835. The molecule has 1 nitrogen and oxygen atoms in total. The normalized spacial score (nSPS) is 10.7. The lowest BCUT2D eigenvalue weighted by Crippen LogP contribution is -1.89. The summed E-state index contributed by atoms with van der Waals surface area (Å²) in [5, 5.41) is 2.33. The van der Waals surface area contributed by atoms with E-state index in [1.54, 1.807) is 0 Å². The zero-order valence-corrected chi connectivity index (χ0v) is 10.4. The monoisotopic (exact) mass is 233 g/mol. The molecule has 0 atom stereocenters. The number of nitrogen functional groups attached to an aromatic ring is 1. The van der Waals surface area contributed by atoms with Gasteiger partial charge in [-0.05, 0) is 29.5 Å². The fraction of sp³-hybridized carbons (Fsp3) is 0.0588. The summed E-state index contributed by atoms with van der Waals surface area (Å²) in [6, 6.07) is 21.0. The molecular formula is C17H15N. The highest BCUT2D eigenvalue weighted by molar-refractivity contribution is 6.02. The lowest BCUT2D eigenvalue weighted by atomic mass is 9.97. The Morgan fingerprint density at radius 3 is 2.11 bits per heavy atom. The molecular weight excluding hydrogens is 218 g/mol. The molecule has 0 aliphatic carbocycles. The Labute approximate surface area is 107 Å². The highest BCUT2D eigenvalue weighted by Crippen LogP contribution is 2.31. The fourth-order valence-corrected chi connectivity index (χ4v) is 2.31. The second kappa shape index (κ2) is 4.19. The quantitative estimate of drug-likeness (QED) is 0.619. The summed E-state index contributed by atoms with van der Waals surface area (Å²) in [5.74, 6) is 0. The van der Waals surface area contributed by atoms with Crippen molar-refractivity contribution in [3.05, 3.63) is 66.2 Å². The van der Waals surface area contributed by atoms with Gasteiger partial charge in [-0.1, -0.05) is 60.2 Å². The Bertz CT molecular complexity index is 696. The van der Waals surface area contributed by atoms with Crippen molar-refractivity contribution in [2.24, 2.45) is 0 Å². The standard InChI is InChI=1S/C17H15N/c1-12-6-8-13(9-7-12)14-10-11-17(18)16-5-3-2-4-15(14)16/h2-11H,18H2,1H3. The van der Waals surface area contributed by atoms with Crippen LogP contribution in [0.15, 0.2) is 60.7 Å². The van der Waals surface area contributed by atoms with E-state index in [2.05, 4.69) is 55.5 Å². The van der Waals surface area contributed by atoms with Crippen molar-refractivity contribution >= 4 is 16.5 Å². The maximum absolute atomic E-state index is 6.03. The second-order valence-electron chi connectivity index (χ2n) is 4.61. The molecule has 2 N–H and O–H groups in total. The molecule has 0 aliphatic rings. The van der Waals surface area contributed by atoms with Gasteiger partial charge in [-0.3, -0.25) is 0 Å². The van der Waals surface area contributed by atoms with Gasteiger partial charge in [0.1, 0.15) is 0 Å². The molecule has 0 fully saturated rings. The number of rotatable bonds is 1. The third-order valence-electron chi connectivity index (χ3n) is 3.32. The van der Waals surface area contributed by atoms with Crippen molar-refractivity contribution in [1.82, 2.24) is 0 Å². The Morgan fingerprint density at radius 2 is 1.39 bits per heavy atom. The number of nitrogens with two attached hydrogens (primary N) is 1. The largest absolute Gasteiger partial charge is 0.398 e. The third-order valence-corrected chi connectivity index (χ3v) is 3.32. The molecule has 3 aromatic carbocycles. The van der Waals surface area contributed by atoms with Crippen LogP contribution in [0, 0.1) is 6.92 Å². The second-order valence-corrected chi connectivity index (χ2v) is 4.61. The van der Waals surface area contributed by atoms with Crippen LogP contribution in [0.3, 0.4) is 0 Å². The van der Waals surface area contributed by atoms with Crippen LogP contribution in [0.4, 0.5) is 5.69 Å². The van der Waals surface area contributed by atoms with Crippen molar-refractivity contribution in [1.29, 1.82) is 0 Å². The number of aryl methyl sites for hydroxylation is 1. The fourth-order valence-electron chi connectivity index (χ4n) is 2.31. The topological polar surface area (TPSA) is 26.0 Å². The summed E-state index contributed by atoms with van der Waals surface area (Å²) in [6.07, 6.45) is 0. The minimum absolute atomic E-state index is 0.835. The van der Waals surface area contributed by atoms with E-state index in [0.717, 1.165) is 11.1 Å². The van der Waals surface area contributed by atoms with Crippen molar-refractivity contribution < 1.29 is 0 Å². The number of benzene rings is 3. The zero-order chi connectivity index (χ0) is 12.5. The maximum Gasteiger partial charge on any atom is 0.0394 e. The molecule has 0 unspecified atom stereocenters. The summed E-state index contributed by atoms with van der Waals surface area (Å²) in [4.78, 5) is 0. The Balaban J connectivity index is 2.30. The van der Waals surface area contributed by atoms with E-state index in [-0.39, 0.29) is 0 Å². The van der Waals surface area contributed by atoms with E-state index in [9.17, 15) is 0 Å². The molecule has 0 heterocycles. The van der Waals surface area contributed by atoms with Crippen LogP contribution in [0.5, 0.6) is 0 Å². The van der Waals surface area contributed by atoms with E-state index in [4.69, 9.17) is 5.73 Å². The first-order valence-corrected chi connectivity index (χ1v) is 6.10. The zero-order valence-electron chi connectivity index (χ0n) is 10.4. The number of fused-ring (bicyclic) bond motifs is 1. The van der Waals surface area contributed by atoms with Crippen molar-refractivity contribution in [3.63, 3.8) is 0 Å². The average Bonchev–Trinajstić information content (AvgIpc) is 2.41. The summed E-state index contributed by atoms with van der Waals surface area (Å²) in [6.45, 7) is 2.10. The first-order valence-electron chi connectivity index (χ1n) is 6.10. The van der Waals surface area contributed by atoms with Crippen molar-refractivity contribution in [3.8, 4) is 11.1 Å². The lowest BCUT2D eigenvalue weighted by Gasteiger charge is -2.09. The molecule has 0 aliphatic heterocycles. The molecule has 0 saturated heterocycles. The van der Waals surface area contributed by atoms with E-state index < -0.39 is 0 Å². The molecule has 3 aromatic rings. The minimum Gasteiger partial charge on any atom is -0.398 e. The van der Waals surface area contributed by atoms with Crippen LogP contribution >= 0.6 is 0 Å². The van der Waals surface area contributed by atoms with Crippen LogP contribution in [0.25, 0.3) is 21.9 Å². The molecule has 0 amide bonds. The van der Waals surface area contributed by atoms with E-state index in [1.807, 2.05) is 12.1 Å². The first-order chi connectivity index (χ1) is 8.75. The molecule has 88 valence electrons. The molecule has 1 heteroatoms. The van der Waals surface area contributed by atoms with Gasteiger partial charge in [-0.25, -0.2) is 0 Å². The summed E-state index contributed by atoms with van der Waals surface area (Å²) in [7, 11) is 0. The van der Waals surface area contributed by atoms with Gasteiger partial charge in [-0.15, -0.1) is 0 Å². The SMILES string of the molecule is Cc1ccc(-c2ccc(N)c3ccccc23)cc1. The Hall–Kier alpha value is -2.28. The van der Waals surface area contributed by atoms with Crippen LogP contribution in [-0.4, -0.2) is 0 Å². The highest BCUT2D eigenvalue weighted by atomic mass is 14.5. The maximum atomic E-state index is 6.03. The Morgan fingerprint density at radius 1 is 0.722 bits per heavy atom. The van der Waals surface area contributed by atoms with Gasteiger partial charge in [0.25, 0.3) is 0 Å². The van der Waals surface area contributed by atoms with Crippen LogP contribution < -0.4 is 5.73 Å². The van der Waals surface area contributed by atoms with Gasteiger partial charge in [0.2, 0.25) is 0 Å². The van der Waals surface area contributed by atoms with Gasteiger partial charge in [-0.2, -0.15) is 0 Å².